The normalized spacial score (nSPS) is 19.8. The molecule has 3 nitrogen and oxygen atoms in total. The third-order valence-corrected chi connectivity index (χ3v) is 2.51. The standard InChI is InChI=1S/C12H16O3/c1-2-3-7-11(13)9-5-4-6-10(8-9)12(14)15/h4,6,8-9H,2-3,5,7H2,1H3,(H,14,15). The summed E-state index contributed by atoms with van der Waals surface area (Å²) in [7, 11) is 0. The molecule has 1 rings (SSSR count). The second kappa shape index (κ2) is 5.49. The molecule has 1 aliphatic carbocycles. The van der Waals surface area contributed by atoms with Gasteiger partial charge in [0.05, 0.1) is 5.57 Å². The van der Waals surface area contributed by atoms with Crippen molar-refractivity contribution in [3.63, 3.8) is 0 Å². The predicted octanol–water partition coefficient (Wildman–Crippen LogP) is 2.33. The van der Waals surface area contributed by atoms with Crippen LogP contribution < -0.4 is 0 Å². The summed E-state index contributed by atoms with van der Waals surface area (Å²) in [5.41, 5.74) is 0.232. The molecule has 0 aromatic rings. The Balaban J connectivity index is 2.61. The second-order valence-corrected chi connectivity index (χ2v) is 3.74. The first-order valence-electron chi connectivity index (χ1n) is 5.29. The lowest BCUT2D eigenvalue weighted by Gasteiger charge is -2.13. The molecule has 1 N–H and O–H groups in total. The van der Waals surface area contributed by atoms with E-state index in [9.17, 15) is 9.59 Å². The van der Waals surface area contributed by atoms with Crippen LogP contribution in [0, 0.1) is 5.92 Å². The molecule has 0 bridgehead atoms. The second-order valence-electron chi connectivity index (χ2n) is 3.74. The van der Waals surface area contributed by atoms with Crippen molar-refractivity contribution in [3.05, 3.63) is 23.8 Å². The van der Waals surface area contributed by atoms with Crippen LogP contribution in [0.2, 0.25) is 0 Å². The number of carboxylic acid groups (broad SMARTS) is 1. The third kappa shape index (κ3) is 3.35. The van der Waals surface area contributed by atoms with E-state index in [0.717, 1.165) is 12.8 Å². The van der Waals surface area contributed by atoms with Gasteiger partial charge in [0.2, 0.25) is 0 Å². The van der Waals surface area contributed by atoms with Crippen molar-refractivity contribution in [1.29, 1.82) is 0 Å². The third-order valence-electron chi connectivity index (χ3n) is 2.51. The zero-order chi connectivity index (χ0) is 11.3. The number of carboxylic acids is 1. The van der Waals surface area contributed by atoms with Gasteiger partial charge in [0.15, 0.2) is 0 Å². The number of aliphatic carboxylic acids is 1. The summed E-state index contributed by atoms with van der Waals surface area (Å²) >= 11 is 0. The lowest BCUT2D eigenvalue weighted by Crippen LogP contribution is -2.15. The smallest absolute Gasteiger partial charge is 0.335 e. The molecular formula is C12H16O3. The van der Waals surface area contributed by atoms with E-state index in [2.05, 4.69) is 0 Å². The highest BCUT2D eigenvalue weighted by Gasteiger charge is 2.19. The van der Waals surface area contributed by atoms with E-state index in [-0.39, 0.29) is 17.3 Å². The van der Waals surface area contributed by atoms with Gasteiger partial charge >= 0.3 is 5.97 Å². The minimum Gasteiger partial charge on any atom is -0.478 e. The highest BCUT2D eigenvalue weighted by atomic mass is 16.4. The van der Waals surface area contributed by atoms with Gasteiger partial charge in [-0.15, -0.1) is 0 Å². The fourth-order valence-corrected chi connectivity index (χ4v) is 1.59. The lowest BCUT2D eigenvalue weighted by molar-refractivity contribution is -0.132. The quantitative estimate of drug-likeness (QED) is 0.754. The molecule has 0 aromatic heterocycles. The lowest BCUT2D eigenvalue weighted by atomic mass is 9.90. The molecule has 0 spiro atoms. The number of rotatable bonds is 5. The van der Waals surface area contributed by atoms with Crippen molar-refractivity contribution >= 4 is 11.8 Å². The SMILES string of the molecule is CCCCC(=O)C1C=C(C(=O)O)C=CC1. The predicted molar refractivity (Wildman–Crippen MR) is 57.5 cm³/mol. The summed E-state index contributed by atoms with van der Waals surface area (Å²) in [4.78, 5) is 22.4. The van der Waals surface area contributed by atoms with Crippen LogP contribution in [0.4, 0.5) is 0 Å². The Morgan fingerprint density at radius 3 is 2.87 bits per heavy atom. The Bertz CT molecular complexity index is 313. The summed E-state index contributed by atoms with van der Waals surface area (Å²) in [6.45, 7) is 2.03. The van der Waals surface area contributed by atoms with Crippen molar-refractivity contribution in [2.75, 3.05) is 0 Å². The topological polar surface area (TPSA) is 54.4 Å². The van der Waals surface area contributed by atoms with Gasteiger partial charge in [-0.1, -0.05) is 31.6 Å². The van der Waals surface area contributed by atoms with E-state index in [1.165, 1.54) is 0 Å². The molecule has 0 aliphatic heterocycles. The fourth-order valence-electron chi connectivity index (χ4n) is 1.59. The first kappa shape index (κ1) is 11.7. The first-order chi connectivity index (χ1) is 7.15. The number of hydrogen-bond donors (Lipinski definition) is 1. The number of carbonyl (C=O) groups excluding carboxylic acids is 1. The van der Waals surface area contributed by atoms with E-state index in [0.29, 0.717) is 12.8 Å². The Morgan fingerprint density at radius 2 is 2.27 bits per heavy atom. The number of Topliss-reactive ketones (excluding diaryl/α,β-unsaturated/α-hetero) is 1. The highest BCUT2D eigenvalue weighted by molar-refractivity contribution is 5.92. The molecule has 0 fully saturated rings. The van der Waals surface area contributed by atoms with E-state index < -0.39 is 5.97 Å². The molecule has 82 valence electrons. The zero-order valence-electron chi connectivity index (χ0n) is 8.90. The first-order valence-corrected chi connectivity index (χ1v) is 5.29. The van der Waals surface area contributed by atoms with Gasteiger partial charge in [-0.05, 0) is 12.8 Å². The van der Waals surface area contributed by atoms with E-state index in [1.807, 2.05) is 6.92 Å². The number of hydrogen-bond acceptors (Lipinski definition) is 2. The summed E-state index contributed by atoms with van der Waals surface area (Å²) in [5.74, 6) is -1.04. The van der Waals surface area contributed by atoms with Crippen LogP contribution in [0.15, 0.2) is 23.8 Å². The van der Waals surface area contributed by atoms with Gasteiger partial charge in [0.25, 0.3) is 0 Å². The molecule has 0 radical (unpaired) electrons. The molecule has 1 unspecified atom stereocenters. The molecule has 0 heterocycles. The average molecular weight is 208 g/mol. The summed E-state index contributed by atoms with van der Waals surface area (Å²) in [5, 5.41) is 8.78. The van der Waals surface area contributed by atoms with Gasteiger partial charge in [-0.25, -0.2) is 4.79 Å². The van der Waals surface area contributed by atoms with E-state index >= 15 is 0 Å². The Kier molecular flexibility index (Phi) is 4.28. The van der Waals surface area contributed by atoms with Crippen molar-refractivity contribution < 1.29 is 14.7 Å². The van der Waals surface area contributed by atoms with Crippen LogP contribution in [-0.2, 0) is 9.59 Å². The fraction of sp³-hybridized carbons (Fsp3) is 0.500. The van der Waals surface area contributed by atoms with Crippen LogP contribution in [0.3, 0.4) is 0 Å². The maximum absolute atomic E-state index is 11.7. The number of ketones is 1. The van der Waals surface area contributed by atoms with Crippen molar-refractivity contribution in [2.45, 2.75) is 32.6 Å². The van der Waals surface area contributed by atoms with E-state index in [1.54, 1.807) is 18.2 Å². The van der Waals surface area contributed by atoms with Gasteiger partial charge in [-0.3, -0.25) is 4.79 Å². The Morgan fingerprint density at radius 1 is 1.53 bits per heavy atom. The largest absolute Gasteiger partial charge is 0.478 e. The van der Waals surface area contributed by atoms with Crippen molar-refractivity contribution in [2.24, 2.45) is 5.92 Å². The minimum absolute atomic E-state index is 0.153. The zero-order valence-corrected chi connectivity index (χ0v) is 8.90. The Labute approximate surface area is 89.5 Å². The molecular weight excluding hydrogens is 192 g/mol. The molecule has 0 aromatic carbocycles. The van der Waals surface area contributed by atoms with Gasteiger partial charge in [-0.2, -0.15) is 0 Å². The molecule has 15 heavy (non-hydrogen) atoms. The molecule has 1 aliphatic rings. The minimum atomic E-state index is -0.959. The molecule has 0 amide bonds. The Hall–Kier alpha value is -1.38. The summed E-state index contributed by atoms with van der Waals surface area (Å²) in [6, 6.07) is 0. The number of unbranched alkanes of at least 4 members (excludes halogenated alkanes) is 1. The van der Waals surface area contributed by atoms with Crippen LogP contribution >= 0.6 is 0 Å². The monoisotopic (exact) mass is 208 g/mol. The maximum atomic E-state index is 11.7. The molecule has 1 atom stereocenters. The number of allylic oxidation sites excluding steroid dienone is 2. The van der Waals surface area contributed by atoms with Crippen LogP contribution in [-0.4, -0.2) is 16.9 Å². The molecule has 0 saturated heterocycles. The van der Waals surface area contributed by atoms with Gasteiger partial charge < -0.3 is 5.11 Å². The molecule has 3 heteroatoms. The highest BCUT2D eigenvalue weighted by Crippen LogP contribution is 2.19. The summed E-state index contributed by atoms with van der Waals surface area (Å²) in [6.07, 6.45) is 7.96. The summed E-state index contributed by atoms with van der Waals surface area (Å²) < 4.78 is 0. The van der Waals surface area contributed by atoms with Crippen LogP contribution in [0.5, 0.6) is 0 Å². The molecule has 0 saturated carbocycles. The van der Waals surface area contributed by atoms with Gasteiger partial charge in [0, 0.05) is 12.3 Å². The van der Waals surface area contributed by atoms with E-state index in [4.69, 9.17) is 5.11 Å². The number of carbonyl (C=O) groups is 2. The van der Waals surface area contributed by atoms with Crippen molar-refractivity contribution in [1.82, 2.24) is 0 Å². The maximum Gasteiger partial charge on any atom is 0.335 e. The van der Waals surface area contributed by atoms with Crippen molar-refractivity contribution in [3.8, 4) is 0 Å². The van der Waals surface area contributed by atoms with Gasteiger partial charge in [0.1, 0.15) is 5.78 Å². The van der Waals surface area contributed by atoms with Crippen LogP contribution in [0.1, 0.15) is 32.6 Å². The van der Waals surface area contributed by atoms with Crippen LogP contribution in [0.25, 0.3) is 0 Å². The average Bonchev–Trinajstić information content (AvgIpc) is 2.26.